The maximum atomic E-state index is 5.95. The van der Waals surface area contributed by atoms with Crippen LogP contribution in [0.5, 0.6) is 5.88 Å². The first kappa shape index (κ1) is 11.5. The van der Waals surface area contributed by atoms with Gasteiger partial charge < -0.3 is 15.2 Å². The standard InChI is InChI=1S/C10H15N3O2S/c1-6(2)15-9-8(11)10(13-5-12-9)16-7-3-14-4-7/h5-7H,3-4,11H2,1-2H3. The molecule has 0 radical (unpaired) electrons. The average Bonchev–Trinajstić information content (AvgIpc) is 2.16. The summed E-state index contributed by atoms with van der Waals surface area (Å²) in [5.74, 6) is 0.466. The molecule has 1 aliphatic heterocycles. The molecule has 5 nitrogen and oxygen atoms in total. The zero-order valence-corrected chi connectivity index (χ0v) is 10.2. The van der Waals surface area contributed by atoms with Crippen molar-refractivity contribution in [2.75, 3.05) is 18.9 Å². The Hall–Kier alpha value is -1.01. The molecule has 0 spiro atoms. The fourth-order valence-corrected chi connectivity index (χ4v) is 2.18. The Morgan fingerprint density at radius 3 is 2.81 bits per heavy atom. The highest BCUT2D eigenvalue weighted by atomic mass is 32.2. The quantitative estimate of drug-likeness (QED) is 0.802. The summed E-state index contributed by atoms with van der Waals surface area (Å²) >= 11 is 1.62. The van der Waals surface area contributed by atoms with Crippen LogP contribution in [-0.4, -0.2) is 34.5 Å². The fourth-order valence-electron chi connectivity index (χ4n) is 1.22. The van der Waals surface area contributed by atoms with Crippen molar-refractivity contribution in [1.29, 1.82) is 0 Å². The van der Waals surface area contributed by atoms with E-state index in [4.69, 9.17) is 15.2 Å². The van der Waals surface area contributed by atoms with E-state index in [9.17, 15) is 0 Å². The van der Waals surface area contributed by atoms with Crippen molar-refractivity contribution in [2.24, 2.45) is 0 Å². The van der Waals surface area contributed by atoms with Crippen LogP contribution in [0.15, 0.2) is 11.4 Å². The molecule has 1 aliphatic rings. The third-order valence-corrected chi connectivity index (χ3v) is 3.20. The Bertz CT molecular complexity index is 369. The number of aromatic nitrogens is 2. The van der Waals surface area contributed by atoms with E-state index in [2.05, 4.69) is 9.97 Å². The Balaban J connectivity index is 2.11. The Morgan fingerprint density at radius 2 is 2.25 bits per heavy atom. The van der Waals surface area contributed by atoms with Crippen molar-refractivity contribution in [1.82, 2.24) is 9.97 Å². The van der Waals surface area contributed by atoms with Crippen LogP contribution < -0.4 is 10.5 Å². The molecule has 1 fully saturated rings. The fraction of sp³-hybridized carbons (Fsp3) is 0.600. The van der Waals surface area contributed by atoms with Crippen molar-refractivity contribution >= 4 is 17.4 Å². The summed E-state index contributed by atoms with van der Waals surface area (Å²) in [4.78, 5) is 8.19. The zero-order valence-electron chi connectivity index (χ0n) is 9.34. The van der Waals surface area contributed by atoms with Gasteiger partial charge in [0.05, 0.1) is 24.6 Å². The molecule has 0 aromatic carbocycles. The highest BCUT2D eigenvalue weighted by Crippen LogP contribution is 2.34. The van der Waals surface area contributed by atoms with Gasteiger partial charge in [-0.2, -0.15) is 4.98 Å². The van der Waals surface area contributed by atoms with Gasteiger partial charge in [-0.05, 0) is 13.8 Å². The second-order valence-corrected chi connectivity index (χ2v) is 5.13. The highest BCUT2D eigenvalue weighted by Gasteiger charge is 2.22. The van der Waals surface area contributed by atoms with Gasteiger partial charge in [-0.15, -0.1) is 0 Å². The highest BCUT2D eigenvalue weighted by molar-refractivity contribution is 8.00. The van der Waals surface area contributed by atoms with Crippen LogP contribution >= 0.6 is 11.8 Å². The average molecular weight is 241 g/mol. The number of nitrogens with two attached hydrogens (primary N) is 1. The Kier molecular flexibility index (Phi) is 3.50. The minimum absolute atomic E-state index is 0.0575. The van der Waals surface area contributed by atoms with Gasteiger partial charge in [-0.1, -0.05) is 11.8 Å². The van der Waals surface area contributed by atoms with E-state index in [1.54, 1.807) is 11.8 Å². The third kappa shape index (κ3) is 2.56. The number of nitrogen functional groups attached to an aromatic ring is 1. The van der Waals surface area contributed by atoms with Gasteiger partial charge in [0.25, 0.3) is 0 Å². The number of thioether (sulfide) groups is 1. The van der Waals surface area contributed by atoms with E-state index in [0.29, 0.717) is 16.8 Å². The Morgan fingerprint density at radius 1 is 1.50 bits per heavy atom. The molecule has 2 heterocycles. The molecular formula is C10H15N3O2S. The molecule has 0 unspecified atom stereocenters. The molecule has 1 aromatic heterocycles. The number of rotatable bonds is 4. The van der Waals surface area contributed by atoms with Crippen LogP contribution in [0.3, 0.4) is 0 Å². The van der Waals surface area contributed by atoms with E-state index in [-0.39, 0.29) is 6.10 Å². The predicted octanol–water partition coefficient (Wildman–Crippen LogP) is 1.34. The second-order valence-electron chi connectivity index (χ2n) is 3.84. The smallest absolute Gasteiger partial charge is 0.241 e. The molecule has 0 saturated carbocycles. The molecule has 6 heteroatoms. The lowest BCUT2D eigenvalue weighted by molar-refractivity contribution is 0.0455. The van der Waals surface area contributed by atoms with Crippen LogP contribution in [0.1, 0.15) is 13.8 Å². The lowest BCUT2D eigenvalue weighted by Gasteiger charge is -2.25. The van der Waals surface area contributed by atoms with Crippen molar-refractivity contribution in [2.45, 2.75) is 30.2 Å². The van der Waals surface area contributed by atoms with Crippen LogP contribution in [0, 0.1) is 0 Å². The minimum atomic E-state index is 0.0575. The van der Waals surface area contributed by atoms with Crippen molar-refractivity contribution in [3.05, 3.63) is 6.33 Å². The lowest BCUT2D eigenvalue weighted by Crippen LogP contribution is -2.30. The van der Waals surface area contributed by atoms with Crippen LogP contribution in [0.25, 0.3) is 0 Å². The summed E-state index contributed by atoms with van der Waals surface area (Å²) in [6, 6.07) is 0. The summed E-state index contributed by atoms with van der Waals surface area (Å²) in [7, 11) is 0. The molecule has 1 saturated heterocycles. The summed E-state index contributed by atoms with van der Waals surface area (Å²) in [5.41, 5.74) is 6.47. The van der Waals surface area contributed by atoms with Crippen LogP contribution in [0.4, 0.5) is 5.69 Å². The van der Waals surface area contributed by atoms with Gasteiger partial charge in [0, 0.05) is 0 Å². The van der Waals surface area contributed by atoms with E-state index in [1.165, 1.54) is 6.33 Å². The monoisotopic (exact) mass is 241 g/mol. The first-order chi connectivity index (χ1) is 7.66. The molecule has 2 N–H and O–H groups in total. The summed E-state index contributed by atoms with van der Waals surface area (Å²) in [5, 5.41) is 1.23. The molecule has 0 bridgehead atoms. The van der Waals surface area contributed by atoms with Gasteiger partial charge in [-0.25, -0.2) is 4.98 Å². The normalized spacial score (nSPS) is 16.2. The van der Waals surface area contributed by atoms with Crippen molar-refractivity contribution in [3.63, 3.8) is 0 Å². The first-order valence-electron chi connectivity index (χ1n) is 5.18. The van der Waals surface area contributed by atoms with E-state index >= 15 is 0 Å². The van der Waals surface area contributed by atoms with E-state index in [0.717, 1.165) is 18.2 Å². The third-order valence-electron chi connectivity index (χ3n) is 2.04. The van der Waals surface area contributed by atoms with Gasteiger partial charge in [-0.3, -0.25) is 0 Å². The minimum Gasteiger partial charge on any atom is -0.473 e. The second kappa shape index (κ2) is 4.88. The lowest BCUT2D eigenvalue weighted by atomic mass is 10.4. The largest absolute Gasteiger partial charge is 0.473 e. The molecule has 0 atom stereocenters. The zero-order chi connectivity index (χ0) is 11.5. The van der Waals surface area contributed by atoms with Crippen molar-refractivity contribution in [3.8, 4) is 5.88 Å². The SMILES string of the molecule is CC(C)Oc1ncnc(SC2COC2)c1N. The number of hydrogen-bond donors (Lipinski definition) is 1. The Labute approximate surface area is 98.7 Å². The molecule has 0 amide bonds. The summed E-state index contributed by atoms with van der Waals surface area (Å²) in [6.45, 7) is 5.39. The number of anilines is 1. The molecule has 0 aliphatic carbocycles. The molecule has 88 valence electrons. The van der Waals surface area contributed by atoms with E-state index < -0.39 is 0 Å². The molecular weight excluding hydrogens is 226 g/mol. The maximum absolute atomic E-state index is 5.95. The predicted molar refractivity (Wildman–Crippen MR) is 62.7 cm³/mol. The number of ether oxygens (including phenoxy) is 2. The molecule has 2 rings (SSSR count). The van der Waals surface area contributed by atoms with Crippen molar-refractivity contribution < 1.29 is 9.47 Å². The number of nitrogens with zero attached hydrogens (tertiary/aromatic N) is 2. The first-order valence-corrected chi connectivity index (χ1v) is 6.06. The maximum Gasteiger partial charge on any atom is 0.241 e. The van der Waals surface area contributed by atoms with E-state index in [1.807, 2.05) is 13.8 Å². The molecule has 1 aromatic rings. The van der Waals surface area contributed by atoms with Crippen LogP contribution in [0.2, 0.25) is 0 Å². The van der Waals surface area contributed by atoms with Gasteiger partial charge >= 0.3 is 0 Å². The summed E-state index contributed by atoms with van der Waals surface area (Å²) in [6.07, 6.45) is 1.54. The summed E-state index contributed by atoms with van der Waals surface area (Å²) < 4.78 is 10.6. The van der Waals surface area contributed by atoms with Gasteiger partial charge in [0.2, 0.25) is 5.88 Å². The van der Waals surface area contributed by atoms with Gasteiger partial charge in [0.15, 0.2) is 0 Å². The number of hydrogen-bond acceptors (Lipinski definition) is 6. The van der Waals surface area contributed by atoms with Crippen LogP contribution in [-0.2, 0) is 4.74 Å². The van der Waals surface area contributed by atoms with Gasteiger partial charge in [0.1, 0.15) is 17.0 Å². The topological polar surface area (TPSA) is 70.3 Å². The molecule has 16 heavy (non-hydrogen) atoms.